The maximum atomic E-state index is 10.6. The maximum Gasteiger partial charge on any atom is 0.330 e. The quantitative estimate of drug-likeness (QED) is 0.142. The number of rotatable bonds is 19. The lowest BCUT2D eigenvalue weighted by molar-refractivity contribution is -0.132. The fourth-order valence-electron chi connectivity index (χ4n) is 3.15. The first-order valence-electron chi connectivity index (χ1n) is 11.2. The summed E-state index contributed by atoms with van der Waals surface area (Å²) >= 11 is 0. The lowest BCUT2D eigenvalue weighted by Crippen LogP contribution is -1.95. The van der Waals surface area contributed by atoms with Crippen LogP contribution in [0.15, 0.2) is 23.8 Å². The van der Waals surface area contributed by atoms with Gasteiger partial charge in [-0.25, -0.2) is 4.79 Å². The predicted octanol–water partition coefficient (Wildman–Crippen LogP) is 8.23. The Balaban J connectivity index is 3.19. The fraction of sp³-hybridized carbons (Fsp3) is 0.792. The van der Waals surface area contributed by atoms with Crippen LogP contribution in [0.25, 0.3) is 0 Å². The number of aliphatic carboxylic acids is 1. The molecule has 0 aromatic rings. The summed E-state index contributed by atoms with van der Waals surface area (Å²) in [5.41, 5.74) is 0.476. The van der Waals surface area contributed by atoms with Crippen LogP contribution < -0.4 is 0 Å². The van der Waals surface area contributed by atoms with Gasteiger partial charge in [0.1, 0.15) is 0 Å². The zero-order chi connectivity index (χ0) is 19.3. The molecule has 0 atom stereocenters. The second-order valence-electron chi connectivity index (χ2n) is 7.63. The highest BCUT2D eigenvalue weighted by molar-refractivity contribution is 5.85. The van der Waals surface area contributed by atoms with E-state index in [1.54, 1.807) is 6.92 Å². The third-order valence-corrected chi connectivity index (χ3v) is 5.00. The molecule has 0 aromatic heterocycles. The molecule has 152 valence electrons. The highest BCUT2D eigenvalue weighted by atomic mass is 16.4. The molecular formula is C24H44O2. The number of unbranched alkanes of at least 4 members (excludes halogenated alkanes) is 15. The molecule has 0 spiro atoms. The average molecular weight is 365 g/mol. The van der Waals surface area contributed by atoms with Crippen LogP contribution in [-0.4, -0.2) is 11.1 Å². The van der Waals surface area contributed by atoms with Gasteiger partial charge < -0.3 is 5.11 Å². The molecular weight excluding hydrogens is 320 g/mol. The van der Waals surface area contributed by atoms with Crippen molar-refractivity contribution >= 4 is 5.97 Å². The van der Waals surface area contributed by atoms with Crippen LogP contribution in [-0.2, 0) is 4.79 Å². The fourth-order valence-corrected chi connectivity index (χ4v) is 3.15. The first-order chi connectivity index (χ1) is 12.7. The molecule has 0 aliphatic rings. The molecule has 0 amide bonds. The normalized spacial score (nSPS) is 12.2. The van der Waals surface area contributed by atoms with Gasteiger partial charge >= 0.3 is 5.97 Å². The zero-order valence-electron chi connectivity index (χ0n) is 17.6. The topological polar surface area (TPSA) is 37.3 Å². The Morgan fingerprint density at radius 2 is 1.04 bits per heavy atom. The molecule has 0 radical (unpaired) electrons. The van der Waals surface area contributed by atoms with E-state index in [0.29, 0.717) is 5.57 Å². The first-order valence-corrected chi connectivity index (χ1v) is 11.2. The molecule has 0 unspecified atom stereocenters. The highest BCUT2D eigenvalue weighted by Gasteiger charge is 1.97. The van der Waals surface area contributed by atoms with Crippen LogP contribution in [0.4, 0.5) is 0 Å². The van der Waals surface area contributed by atoms with Crippen molar-refractivity contribution in [2.24, 2.45) is 0 Å². The van der Waals surface area contributed by atoms with Gasteiger partial charge in [-0.15, -0.1) is 0 Å². The summed E-state index contributed by atoms with van der Waals surface area (Å²) in [6.45, 7) is 3.95. The second-order valence-corrected chi connectivity index (χ2v) is 7.63. The van der Waals surface area contributed by atoms with E-state index in [4.69, 9.17) is 5.11 Å². The van der Waals surface area contributed by atoms with Crippen molar-refractivity contribution < 1.29 is 9.90 Å². The van der Waals surface area contributed by atoms with Crippen LogP contribution in [0.3, 0.4) is 0 Å². The van der Waals surface area contributed by atoms with Crippen molar-refractivity contribution in [3.05, 3.63) is 23.8 Å². The number of allylic oxidation sites excluding steroid dienone is 3. The van der Waals surface area contributed by atoms with Crippen LogP contribution in [0, 0.1) is 0 Å². The van der Waals surface area contributed by atoms with Crippen LogP contribution in [0.5, 0.6) is 0 Å². The van der Waals surface area contributed by atoms with Crippen molar-refractivity contribution in [2.45, 2.75) is 123 Å². The summed E-state index contributed by atoms with van der Waals surface area (Å²) in [6.07, 6.45) is 28.8. The van der Waals surface area contributed by atoms with Crippen LogP contribution >= 0.6 is 0 Å². The van der Waals surface area contributed by atoms with E-state index in [0.717, 1.165) is 12.8 Å². The Morgan fingerprint density at radius 1 is 0.654 bits per heavy atom. The van der Waals surface area contributed by atoms with E-state index in [9.17, 15) is 4.79 Å². The number of carbonyl (C=O) groups is 1. The van der Waals surface area contributed by atoms with E-state index >= 15 is 0 Å². The largest absolute Gasteiger partial charge is 0.478 e. The summed E-state index contributed by atoms with van der Waals surface area (Å²) in [7, 11) is 0. The van der Waals surface area contributed by atoms with Crippen molar-refractivity contribution in [1.82, 2.24) is 0 Å². The molecule has 2 nitrogen and oxygen atoms in total. The van der Waals surface area contributed by atoms with E-state index in [1.807, 2.05) is 6.08 Å². The first kappa shape index (κ1) is 24.9. The Bertz CT molecular complexity index is 368. The van der Waals surface area contributed by atoms with Crippen LogP contribution in [0.1, 0.15) is 123 Å². The molecule has 0 aromatic carbocycles. The van der Waals surface area contributed by atoms with Gasteiger partial charge in [0, 0.05) is 5.57 Å². The summed E-state index contributed by atoms with van der Waals surface area (Å²) in [6, 6.07) is 0. The molecule has 0 aliphatic heterocycles. The third kappa shape index (κ3) is 19.3. The predicted molar refractivity (Wildman–Crippen MR) is 115 cm³/mol. The molecule has 0 rings (SSSR count). The maximum absolute atomic E-state index is 10.6. The minimum atomic E-state index is -0.791. The van der Waals surface area contributed by atoms with E-state index in [2.05, 4.69) is 19.1 Å². The van der Waals surface area contributed by atoms with Gasteiger partial charge in [0.05, 0.1) is 0 Å². The lowest BCUT2D eigenvalue weighted by Gasteiger charge is -2.00. The third-order valence-electron chi connectivity index (χ3n) is 5.00. The van der Waals surface area contributed by atoms with Crippen LogP contribution in [0.2, 0.25) is 0 Å². The standard InChI is InChI=1S/C24H44O2/c1-3-4-5-6-7-8-9-10-11-12-13-14-15-16-17-18-19-20-21-22-23(2)24(25)26/h12-13,22H,3-11,14-21H2,1-2H3,(H,25,26). The summed E-state index contributed by atoms with van der Waals surface area (Å²) < 4.78 is 0. The summed E-state index contributed by atoms with van der Waals surface area (Å²) in [5, 5.41) is 8.76. The molecule has 2 heteroatoms. The zero-order valence-corrected chi connectivity index (χ0v) is 17.6. The average Bonchev–Trinajstić information content (AvgIpc) is 2.63. The molecule has 0 aliphatic carbocycles. The van der Waals surface area contributed by atoms with Crippen molar-refractivity contribution in [3.8, 4) is 0 Å². The minimum absolute atomic E-state index is 0.476. The molecule has 26 heavy (non-hydrogen) atoms. The SMILES string of the molecule is CCCCCCCCCCC=CCCCCCCCCC=C(C)C(=O)O. The molecule has 0 heterocycles. The molecule has 0 saturated carbocycles. The number of carboxylic acids is 1. The van der Waals surface area contributed by atoms with Gasteiger partial charge in [0.15, 0.2) is 0 Å². The second kappa shape index (κ2) is 20.3. The Hall–Kier alpha value is -1.05. The molecule has 0 fully saturated rings. The smallest absolute Gasteiger partial charge is 0.330 e. The molecule has 0 saturated heterocycles. The van der Waals surface area contributed by atoms with Crippen molar-refractivity contribution in [1.29, 1.82) is 0 Å². The lowest BCUT2D eigenvalue weighted by atomic mass is 10.1. The van der Waals surface area contributed by atoms with Gasteiger partial charge in [0.25, 0.3) is 0 Å². The van der Waals surface area contributed by atoms with Gasteiger partial charge in [-0.3, -0.25) is 0 Å². The van der Waals surface area contributed by atoms with Gasteiger partial charge in [-0.05, 0) is 45.4 Å². The number of hydrogen-bond donors (Lipinski definition) is 1. The van der Waals surface area contributed by atoms with E-state index in [-0.39, 0.29) is 0 Å². The van der Waals surface area contributed by atoms with Gasteiger partial charge in [-0.2, -0.15) is 0 Å². The van der Waals surface area contributed by atoms with Crippen molar-refractivity contribution in [2.75, 3.05) is 0 Å². The number of carboxylic acid groups (broad SMARTS) is 1. The highest BCUT2D eigenvalue weighted by Crippen LogP contribution is 2.12. The van der Waals surface area contributed by atoms with Gasteiger partial charge in [0.2, 0.25) is 0 Å². The Labute approximate surface area is 163 Å². The Kier molecular flexibility index (Phi) is 19.4. The van der Waals surface area contributed by atoms with Crippen molar-refractivity contribution in [3.63, 3.8) is 0 Å². The minimum Gasteiger partial charge on any atom is -0.478 e. The van der Waals surface area contributed by atoms with E-state index < -0.39 is 5.97 Å². The van der Waals surface area contributed by atoms with Gasteiger partial charge in [-0.1, -0.05) is 95.8 Å². The summed E-state index contributed by atoms with van der Waals surface area (Å²) in [5.74, 6) is -0.791. The summed E-state index contributed by atoms with van der Waals surface area (Å²) in [4.78, 5) is 10.6. The Morgan fingerprint density at radius 3 is 1.46 bits per heavy atom. The van der Waals surface area contributed by atoms with E-state index in [1.165, 1.54) is 96.3 Å². The molecule has 1 N–H and O–H groups in total. The monoisotopic (exact) mass is 364 g/mol. The number of hydrogen-bond acceptors (Lipinski definition) is 1. The molecule has 0 bridgehead atoms.